The topological polar surface area (TPSA) is 42.4 Å². The SMILES string of the molecule is C=CCOc1ccc(F)cc1C(C)(C)CC(O)(Cc1ccccn1)C(F)(F)F. The summed E-state index contributed by atoms with van der Waals surface area (Å²) in [6.07, 6.45) is -3.47. The predicted molar refractivity (Wildman–Crippen MR) is 98.7 cm³/mol. The minimum atomic E-state index is -4.91. The van der Waals surface area contributed by atoms with Crippen LogP contribution < -0.4 is 4.74 Å². The van der Waals surface area contributed by atoms with Gasteiger partial charge >= 0.3 is 6.18 Å². The van der Waals surface area contributed by atoms with E-state index in [0.717, 1.165) is 6.07 Å². The van der Waals surface area contributed by atoms with Crippen molar-refractivity contribution in [1.82, 2.24) is 4.98 Å². The number of hydrogen-bond donors (Lipinski definition) is 1. The van der Waals surface area contributed by atoms with Gasteiger partial charge in [0.25, 0.3) is 0 Å². The maximum Gasteiger partial charge on any atom is 0.417 e. The van der Waals surface area contributed by atoms with Gasteiger partial charge in [-0.2, -0.15) is 13.2 Å². The molecule has 0 saturated carbocycles. The zero-order chi connectivity index (χ0) is 21.0. The van der Waals surface area contributed by atoms with Crippen LogP contribution in [0.15, 0.2) is 55.3 Å². The number of benzene rings is 1. The highest BCUT2D eigenvalue weighted by Gasteiger charge is 2.56. The molecular weight excluding hydrogens is 374 g/mol. The summed E-state index contributed by atoms with van der Waals surface area (Å²) in [6, 6.07) is 8.22. The van der Waals surface area contributed by atoms with Gasteiger partial charge in [0.1, 0.15) is 18.2 Å². The number of aliphatic hydroxyl groups is 1. The summed E-state index contributed by atoms with van der Waals surface area (Å²) in [6.45, 7) is 6.67. The Hall–Kier alpha value is -2.41. The molecule has 0 saturated heterocycles. The second kappa shape index (κ2) is 8.31. The second-order valence-corrected chi connectivity index (χ2v) is 7.33. The number of rotatable bonds is 8. The average molecular weight is 397 g/mol. The highest BCUT2D eigenvalue weighted by atomic mass is 19.4. The molecule has 2 rings (SSSR count). The molecular formula is C21H23F4NO2. The third-order valence-corrected chi connectivity index (χ3v) is 4.49. The number of alkyl halides is 3. The van der Waals surface area contributed by atoms with Crippen LogP contribution >= 0.6 is 0 Å². The van der Waals surface area contributed by atoms with Crippen molar-refractivity contribution in [2.24, 2.45) is 0 Å². The van der Waals surface area contributed by atoms with Crippen LogP contribution in [0, 0.1) is 5.82 Å². The molecule has 1 unspecified atom stereocenters. The fourth-order valence-corrected chi connectivity index (χ4v) is 3.20. The molecule has 0 amide bonds. The van der Waals surface area contributed by atoms with Gasteiger partial charge in [-0.05, 0) is 42.2 Å². The fourth-order valence-electron chi connectivity index (χ4n) is 3.20. The molecule has 7 heteroatoms. The number of hydrogen-bond acceptors (Lipinski definition) is 3. The highest BCUT2D eigenvalue weighted by Crippen LogP contribution is 2.45. The summed E-state index contributed by atoms with van der Waals surface area (Å²) in [4.78, 5) is 3.90. The van der Waals surface area contributed by atoms with Crippen molar-refractivity contribution < 1.29 is 27.4 Å². The van der Waals surface area contributed by atoms with Crippen LogP contribution in [-0.2, 0) is 11.8 Å². The molecule has 0 radical (unpaired) electrons. The van der Waals surface area contributed by atoms with Gasteiger partial charge in [-0.15, -0.1) is 0 Å². The summed E-state index contributed by atoms with van der Waals surface area (Å²) >= 11 is 0. The lowest BCUT2D eigenvalue weighted by atomic mass is 9.73. The standard InChI is InChI=1S/C21H23F4NO2/c1-4-11-28-18-9-8-15(22)12-17(18)19(2,3)14-20(27,21(23,24)25)13-16-7-5-6-10-26-16/h4-10,12,27H,1,11,13-14H2,2-3H3. The lowest BCUT2D eigenvalue weighted by molar-refractivity contribution is -0.266. The molecule has 0 aliphatic rings. The predicted octanol–water partition coefficient (Wildman–Crippen LogP) is 4.99. The Morgan fingerprint density at radius 3 is 2.46 bits per heavy atom. The van der Waals surface area contributed by atoms with Gasteiger partial charge in [-0.25, -0.2) is 4.39 Å². The first-order chi connectivity index (χ1) is 13.0. The van der Waals surface area contributed by atoms with Crippen LogP contribution in [0.25, 0.3) is 0 Å². The maximum absolute atomic E-state index is 13.8. The Bertz CT molecular complexity index is 806. The van der Waals surface area contributed by atoms with Crippen LogP contribution in [0.3, 0.4) is 0 Å². The van der Waals surface area contributed by atoms with Gasteiger partial charge < -0.3 is 9.84 Å². The minimum absolute atomic E-state index is 0.112. The first kappa shape index (κ1) is 21.9. The van der Waals surface area contributed by atoms with Crippen LogP contribution in [-0.4, -0.2) is 28.5 Å². The third kappa shape index (κ3) is 5.10. The molecule has 3 nitrogen and oxygen atoms in total. The summed E-state index contributed by atoms with van der Waals surface area (Å²) in [7, 11) is 0. The smallest absolute Gasteiger partial charge is 0.417 e. The Kier molecular flexibility index (Phi) is 6.49. The zero-order valence-corrected chi connectivity index (χ0v) is 15.8. The molecule has 28 heavy (non-hydrogen) atoms. The fraction of sp³-hybridized carbons (Fsp3) is 0.381. The van der Waals surface area contributed by atoms with Crippen molar-refractivity contribution in [3.63, 3.8) is 0 Å². The number of pyridine rings is 1. The molecule has 152 valence electrons. The van der Waals surface area contributed by atoms with E-state index in [2.05, 4.69) is 11.6 Å². The molecule has 1 atom stereocenters. The van der Waals surface area contributed by atoms with E-state index in [1.54, 1.807) is 12.1 Å². The first-order valence-corrected chi connectivity index (χ1v) is 8.71. The average Bonchev–Trinajstić information content (AvgIpc) is 2.60. The normalized spacial score (nSPS) is 14.4. The molecule has 0 bridgehead atoms. The minimum Gasteiger partial charge on any atom is -0.489 e. The molecule has 1 heterocycles. The van der Waals surface area contributed by atoms with Crippen molar-refractivity contribution in [3.8, 4) is 5.75 Å². The maximum atomic E-state index is 13.8. The van der Waals surface area contributed by atoms with Crippen molar-refractivity contribution in [2.45, 2.75) is 43.9 Å². The molecule has 1 aromatic heterocycles. The van der Waals surface area contributed by atoms with E-state index in [1.165, 1.54) is 44.3 Å². The van der Waals surface area contributed by atoms with E-state index in [0.29, 0.717) is 0 Å². The third-order valence-electron chi connectivity index (χ3n) is 4.49. The van der Waals surface area contributed by atoms with E-state index < -0.39 is 35.9 Å². The van der Waals surface area contributed by atoms with E-state index in [4.69, 9.17) is 4.74 Å². The van der Waals surface area contributed by atoms with Crippen LogP contribution in [0.1, 0.15) is 31.5 Å². The van der Waals surface area contributed by atoms with Gasteiger partial charge in [0.05, 0.1) is 0 Å². The number of nitrogens with zero attached hydrogens (tertiary/aromatic N) is 1. The molecule has 1 N–H and O–H groups in total. The van der Waals surface area contributed by atoms with Crippen molar-refractivity contribution in [1.29, 1.82) is 0 Å². The van der Waals surface area contributed by atoms with E-state index in [1.807, 2.05) is 0 Å². The zero-order valence-electron chi connectivity index (χ0n) is 15.8. The van der Waals surface area contributed by atoms with Gasteiger partial charge in [0, 0.05) is 23.9 Å². The van der Waals surface area contributed by atoms with Crippen molar-refractivity contribution in [3.05, 3.63) is 72.3 Å². The second-order valence-electron chi connectivity index (χ2n) is 7.33. The summed E-state index contributed by atoms with van der Waals surface area (Å²) in [5.41, 5.74) is -3.96. The van der Waals surface area contributed by atoms with E-state index in [9.17, 15) is 22.7 Å². The molecule has 1 aromatic carbocycles. The molecule has 0 spiro atoms. The monoisotopic (exact) mass is 397 g/mol. The summed E-state index contributed by atoms with van der Waals surface area (Å²) < 4.78 is 60.8. The molecule has 0 aliphatic carbocycles. The van der Waals surface area contributed by atoms with Crippen molar-refractivity contribution >= 4 is 0 Å². The van der Waals surface area contributed by atoms with Gasteiger partial charge in [0.15, 0.2) is 5.60 Å². The Balaban J connectivity index is 2.43. The van der Waals surface area contributed by atoms with Gasteiger partial charge in [-0.1, -0.05) is 32.6 Å². The molecule has 0 fully saturated rings. The van der Waals surface area contributed by atoms with Crippen LogP contribution in [0.5, 0.6) is 5.75 Å². The van der Waals surface area contributed by atoms with E-state index >= 15 is 0 Å². The lowest BCUT2D eigenvalue weighted by Crippen LogP contribution is -2.51. The van der Waals surface area contributed by atoms with E-state index in [-0.39, 0.29) is 23.6 Å². The van der Waals surface area contributed by atoms with Crippen LogP contribution in [0.4, 0.5) is 17.6 Å². The molecule has 0 aliphatic heterocycles. The Morgan fingerprint density at radius 2 is 1.89 bits per heavy atom. The Labute approximate surface area is 161 Å². The van der Waals surface area contributed by atoms with Crippen LogP contribution in [0.2, 0.25) is 0 Å². The number of ether oxygens (including phenoxy) is 1. The summed E-state index contributed by atoms with van der Waals surface area (Å²) in [5, 5.41) is 10.6. The summed E-state index contributed by atoms with van der Waals surface area (Å²) in [5.74, 6) is -0.358. The number of aromatic nitrogens is 1. The lowest BCUT2D eigenvalue weighted by Gasteiger charge is -2.38. The largest absolute Gasteiger partial charge is 0.489 e. The number of halogens is 4. The van der Waals surface area contributed by atoms with Gasteiger partial charge in [0.2, 0.25) is 0 Å². The Morgan fingerprint density at radius 1 is 1.18 bits per heavy atom. The van der Waals surface area contributed by atoms with Gasteiger partial charge in [-0.3, -0.25) is 4.98 Å². The molecule has 2 aromatic rings. The first-order valence-electron chi connectivity index (χ1n) is 8.71. The highest BCUT2D eigenvalue weighted by molar-refractivity contribution is 5.40. The quantitative estimate of drug-likeness (QED) is 0.504. The van der Waals surface area contributed by atoms with Crippen molar-refractivity contribution in [2.75, 3.05) is 6.61 Å².